The van der Waals surface area contributed by atoms with E-state index in [9.17, 15) is 19.2 Å². The normalized spacial score (nSPS) is 15.3. The zero-order valence-electron chi connectivity index (χ0n) is 10.1. The predicted molar refractivity (Wildman–Crippen MR) is 60.4 cm³/mol. The maximum atomic E-state index is 11.6. The molecule has 0 unspecified atom stereocenters. The highest BCUT2D eigenvalue weighted by molar-refractivity contribution is 6.44. The summed E-state index contributed by atoms with van der Waals surface area (Å²) in [6, 6.07) is 2.54. The molecule has 100 valence electrons. The van der Waals surface area contributed by atoms with Crippen molar-refractivity contribution >= 4 is 23.8 Å². The number of amides is 5. The van der Waals surface area contributed by atoms with Crippen molar-refractivity contribution in [1.82, 2.24) is 15.1 Å². The molecule has 8 heteroatoms. The van der Waals surface area contributed by atoms with Gasteiger partial charge in [0.1, 0.15) is 12.3 Å². The monoisotopic (exact) mass is 265 g/mol. The van der Waals surface area contributed by atoms with Gasteiger partial charge in [-0.15, -0.1) is 0 Å². The molecule has 0 bridgehead atoms. The van der Waals surface area contributed by atoms with E-state index >= 15 is 0 Å². The number of nitrogens with zero attached hydrogens (tertiary/aromatic N) is 2. The molecule has 0 atom stereocenters. The quantitative estimate of drug-likeness (QED) is 0.574. The van der Waals surface area contributed by atoms with Gasteiger partial charge in [0.05, 0.1) is 12.8 Å². The number of furan rings is 1. The van der Waals surface area contributed by atoms with Gasteiger partial charge in [-0.1, -0.05) is 0 Å². The van der Waals surface area contributed by atoms with Crippen LogP contribution in [0.25, 0.3) is 0 Å². The van der Waals surface area contributed by atoms with Gasteiger partial charge < -0.3 is 9.73 Å². The molecule has 0 aromatic carbocycles. The summed E-state index contributed by atoms with van der Waals surface area (Å²) in [5.74, 6) is -1.95. The number of likely N-dealkylation sites (N-methyl/N-ethyl adjacent to an activating group) is 1. The molecule has 1 aromatic heterocycles. The van der Waals surface area contributed by atoms with Gasteiger partial charge in [-0.3, -0.25) is 19.3 Å². The fourth-order valence-electron chi connectivity index (χ4n) is 1.55. The Labute approximate surface area is 107 Å². The maximum absolute atomic E-state index is 11.6. The molecule has 1 N–H and O–H groups in total. The Morgan fingerprint density at radius 2 is 2.05 bits per heavy atom. The first kappa shape index (κ1) is 12.8. The van der Waals surface area contributed by atoms with Crippen molar-refractivity contribution in [3.63, 3.8) is 0 Å². The minimum absolute atomic E-state index is 0.145. The predicted octanol–water partition coefficient (Wildman–Crippen LogP) is -0.684. The zero-order valence-corrected chi connectivity index (χ0v) is 10.1. The fourth-order valence-corrected chi connectivity index (χ4v) is 1.55. The smallest absolute Gasteiger partial charge is 0.334 e. The number of urea groups is 1. The van der Waals surface area contributed by atoms with Crippen LogP contribution in [0, 0.1) is 0 Å². The molecular weight excluding hydrogens is 254 g/mol. The van der Waals surface area contributed by atoms with E-state index in [2.05, 4.69) is 5.32 Å². The first-order valence-corrected chi connectivity index (χ1v) is 5.43. The summed E-state index contributed by atoms with van der Waals surface area (Å²) in [7, 11) is 1.18. The van der Waals surface area contributed by atoms with Crippen molar-refractivity contribution in [3.8, 4) is 0 Å². The molecule has 0 aliphatic carbocycles. The standard InChI is InChI=1S/C11H11N3O5/c1-13-9(16)10(17)14(11(13)18)6-8(15)12-5-7-3-2-4-19-7/h2-4H,5-6H2,1H3,(H,12,15). The Balaban J connectivity index is 1.90. The second-order valence-corrected chi connectivity index (χ2v) is 3.89. The van der Waals surface area contributed by atoms with Crippen LogP contribution in [0.15, 0.2) is 22.8 Å². The van der Waals surface area contributed by atoms with E-state index in [1.807, 2.05) is 0 Å². The van der Waals surface area contributed by atoms with E-state index < -0.39 is 30.3 Å². The molecule has 5 amide bonds. The maximum Gasteiger partial charge on any atom is 0.334 e. The zero-order chi connectivity index (χ0) is 14.0. The summed E-state index contributed by atoms with van der Waals surface area (Å²) in [6.07, 6.45) is 1.46. The highest BCUT2D eigenvalue weighted by Crippen LogP contribution is 2.08. The molecule has 19 heavy (non-hydrogen) atoms. The third kappa shape index (κ3) is 2.46. The lowest BCUT2D eigenvalue weighted by atomic mass is 10.4. The van der Waals surface area contributed by atoms with Crippen LogP contribution in [-0.4, -0.2) is 47.1 Å². The van der Waals surface area contributed by atoms with Crippen molar-refractivity contribution in [3.05, 3.63) is 24.2 Å². The van der Waals surface area contributed by atoms with Crippen molar-refractivity contribution in [1.29, 1.82) is 0 Å². The van der Waals surface area contributed by atoms with Crippen LogP contribution < -0.4 is 5.32 Å². The molecule has 0 radical (unpaired) electrons. The molecule has 1 aliphatic heterocycles. The van der Waals surface area contributed by atoms with E-state index in [1.165, 1.54) is 13.3 Å². The molecule has 1 fully saturated rings. The summed E-state index contributed by atoms with van der Waals surface area (Å²) >= 11 is 0. The second kappa shape index (κ2) is 4.92. The Hall–Kier alpha value is -2.64. The van der Waals surface area contributed by atoms with Gasteiger partial charge >= 0.3 is 17.8 Å². The number of hydrogen-bond acceptors (Lipinski definition) is 5. The minimum atomic E-state index is -0.999. The van der Waals surface area contributed by atoms with Gasteiger partial charge in [0.2, 0.25) is 5.91 Å². The topological polar surface area (TPSA) is 99.9 Å². The Morgan fingerprint density at radius 1 is 1.32 bits per heavy atom. The number of hydrogen-bond donors (Lipinski definition) is 1. The van der Waals surface area contributed by atoms with Crippen LogP contribution in [0.1, 0.15) is 5.76 Å². The molecule has 0 spiro atoms. The molecule has 2 heterocycles. The van der Waals surface area contributed by atoms with Crippen LogP contribution >= 0.6 is 0 Å². The average molecular weight is 265 g/mol. The molecule has 1 aromatic rings. The highest BCUT2D eigenvalue weighted by Gasteiger charge is 2.42. The Morgan fingerprint density at radius 3 is 2.58 bits per heavy atom. The number of nitrogens with one attached hydrogen (secondary N) is 1. The molecule has 0 saturated carbocycles. The van der Waals surface area contributed by atoms with E-state index in [4.69, 9.17) is 4.42 Å². The second-order valence-electron chi connectivity index (χ2n) is 3.89. The van der Waals surface area contributed by atoms with Crippen LogP contribution in [0.3, 0.4) is 0 Å². The third-order valence-electron chi connectivity index (χ3n) is 2.59. The van der Waals surface area contributed by atoms with Gasteiger partial charge in [-0.05, 0) is 12.1 Å². The average Bonchev–Trinajstić information content (AvgIpc) is 2.97. The summed E-state index contributed by atoms with van der Waals surface area (Å²) < 4.78 is 5.01. The Kier molecular flexibility index (Phi) is 3.32. The van der Waals surface area contributed by atoms with Crippen molar-refractivity contribution in [2.45, 2.75) is 6.54 Å². The molecule has 1 saturated heterocycles. The summed E-state index contributed by atoms with van der Waals surface area (Å²) in [5.41, 5.74) is 0. The lowest BCUT2D eigenvalue weighted by Crippen LogP contribution is -2.40. The van der Waals surface area contributed by atoms with Crippen LogP contribution in [0.5, 0.6) is 0 Å². The van der Waals surface area contributed by atoms with Crippen LogP contribution in [0.2, 0.25) is 0 Å². The first-order chi connectivity index (χ1) is 9.00. The molecule has 8 nitrogen and oxygen atoms in total. The van der Waals surface area contributed by atoms with Gasteiger partial charge in [0.25, 0.3) is 0 Å². The molecule has 1 aliphatic rings. The van der Waals surface area contributed by atoms with Crippen molar-refractivity contribution < 1.29 is 23.6 Å². The molecular formula is C11H11N3O5. The number of rotatable bonds is 4. The van der Waals surface area contributed by atoms with Crippen LogP contribution in [-0.2, 0) is 20.9 Å². The number of carbonyl (C=O) groups excluding carboxylic acids is 4. The first-order valence-electron chi connectivity index (χ1n) is 5.43. The van der Waals surface area contributed by atoms with Gasteiger partial charge in [-0.2, -0.15) is 0 Å². The van der Waals surface area contributed by atoms with Gasteiger partial charge in [0.15, 0.2) is 0 Å². The summed E-state index contributed by atoms with van der Waals surface area (Å²) in [4.78, 5) is 47.0. The van der Waals surface area contributed by atoms with Gasteiger partial charge in [0, 0.05) is 7.05 Å². The molecule has 2 rings (SSSR count). The summed E-state index contributed by atoms with van der Waals surface area (Å²) in [5, 5.41) is 2.47. The minimum Gasteiger partial charge on any atom is -0.467 e. The van der Waals surface area contributed by atoms with Crippen LogP contribution in [0.4, 0.5) is 4.79 Å². The number of imide groups is 2. The highest BCUT2D eigenvalue weighted by atomic mass is 16.3. The van der Waals surface area contributed by atoms with E-state index in [0.717, 1.165) is 0 Å². The van der Waals surface area contributed by atoms with Gasteiger partial charge in [-0.25, -0.2) is 9.69 Å². The van der Waals surface area contributed by atoms with E-state index in [1.54, 1.807) is 12.1 Å². The lowest BCUT2D eigenvalue weighted by molar-refractivity contribution is -0.143. The largest absolute Gasteiger partial charge is 0.467 e. The fraction of sp³-hybridized carbons (Fsp3) is 0.273. The van der Waals surface area contributed by atoms with E-state index in [0.29, 0.717) is 15.6 Å². The SMILES string of the molecule is CN1C(=O)C(=O)N(CC(=O)NCc2ccco2)C1=O. The third-order valence-corrected chi connectivity index (χ3v) is 2.59. The van der Waals surface area contributed by atoms with E-state index in [-0.39, 0.29) is 6.54 Å². The van der Waals surface area contributed by atoms with Crippen molar-refractivity contribution in [2.24, 2.45) is 0 Å². The number of carbonyl (C=O) groups is 4. The van der Waals surface area contributed by atoms with Crippen molar-refractivity contribution in [2.75, 3.05) is 13.6 Å². The Bertz CT molecular complexity index is 537. The summed E-state index contributed by atoms with van der Waals surface area (Å²) in [6.45, 7) is -0.347. The lowest BCUT2D eigenvalue weighted by Gasteiger charge is -2.12.